The number of hydrogen-bond acceptors (Lipinski definition) is 6. The van der Waals surface area contributed by atoms with E-state index >= 15 is 8.78 Å². The second-order valence-corrected chi connectivity index (χ2v) is 9.92. The first-order valence-corrected chi connectivity index (χ1v) is 11.7. The lowest BCUT2D eigenvalue weighted by atomic mass is 9.50. The van der Waals surface area contributed by atoms with Gasteiger partial charge in [-0.25, -0.2) is 8.78 Å². The van der Waals surface area contributed by atoms with Gasteiger partial charge >= 0.3 is 5.97 Å². The lowest BCUT2D eigenvalue weighted by Gasteiger charge is -2.56. The predicted molar refractivity (Wildman–Crippen MR) is 123 cm³/mol. The lowest BCUT2D eigenvalue weighted by molar-refractivity contribution is -0.281. The van der Waals surface area contributed by atoms with Crippen molar-refractivity contribution in [1.82, 2.24) is 4.98 Å². The molecule has 182 valence electrons. The van der Waals surface area contributed by atoms with Crippen molar-refractivity contribution in [3.63, 3.8) is 0 Å². The number of nitriles is 1. The van der Waals surface area contributed by atoms with Gasteiger partial charge in [0.25, 0.3) is 5.92 Å². The van der Waals surface area contributed by atoms with Crippen LogP contribution in [-0.2, 0) is 14.3 Å². The molecule has 3 heterocycles. The summed E-state index contributed by atoms with van der Waals surface area (Å²) < 4.78 is 41.3. The Morgan fingerprint density at radius 3 is 2.57 bits per heavy atom. The summed E-state index contributed by atoms with van der Waals surface area (Å²) in [6, 6.07) is 12.9. The highest BCUT2D eigenvalue weighted by atomic mass is 19.3. The van der Waals surface area contributed by atoms with Gasteiger partial charge in [0.1, 0.15) is 17.1 Å². The Bertz CT molecular complexity index is 1220. The molecule has 8 heteroatoms. The number of ether oxygens (including phenoxy) is 2. The van der Waals surface area contributed by atoms with Gasteiger partial charge in [0.2, 0.25) is 0 Å². The van der Waals surface area contributed by atoms with Crippen molar-refractivity contribution in [1.29, 1.82) is 5.26 Å². The molecule has 1 N–H and O–H groups in total. The number of fused-ring (bicyclic) bond motifs is 1. The molecular weight excluding hydrogens is 454 g/mol. The molecule has 35 heavy (non-hydrogen) atoms. The summed E-state index contributed by atoms with van der Waals surface area (Å²) in [6.45, 7) is 2.84. The summed E-state index contributed by atoms with van der Waals surface area (Å²) in [5, 5.41) is 20.5. The van der Waals surface area contributed by atoms with Gasteiger partial charge in [0.05, 0.1) is 30.5 Å². The molecular formula is C27H26F2N2O4. The third kappa shape index (κ3) is 3.48. The fourth-order valence-corrected chi connectivity index (χ4v) is 6.05. The van der Waals surface area contributed by atoms with Crippen LogP contribution in [0.15, 0.2) is 48.7 Å². The van der Waals surface area contributed by atoms with E-state index in [9.17, 15) is 15.2 Å². The van der Waals surface area contributed by atoms with Crippen LogP contribution in [0.4, 0.5) is 8.78 Å². The number of hydrogen-bond donors (Lipinski definition) is 1. The molecule has 5 rings (SSSR count). The standard InChI is InChI=1S/C27H26F2N2O4/c1-16-21(10-9-20-8-7-19(12-31-20)22-6-4-3-5-18(22)11-30)23-17(2)35-24(32)26(23,13-27(16,28)29)25(33)14-34-15-25/h3-10,12,16-17,21,23,33H,13-15H2,1-2H3/b10-9+/t16-,17+,21-,23-,26-/m0/s1. The average molecular weight is 481 g/mol. The van der Waals surface area contributed by atoms with Crippen LogP contribution >= 0.6 is 0 Å². The first-order chi connectivity index (χ1) is 16.6. The topological polar surface area (TPSA) is 92.4 Å². The van der Waals surface area contributed by atoms with Crippen LogP contribution in [0.5, 0.6) is 0 Å². The van der Waals surface area contributed by atoms with E-state index in [1.54, 1.807) is 43.5 Å². The number of allylic oxidation sites excluding steroid dienone is 1. The van der Waals surface area contributed by atoms with E-state index in [-0.39, 0.29) is 13.2 Å². The highest BCUT2D eigenvalue weighted by Gasteiger charge is 2.76. The highest BCUT2D eigenvalue weighted by Crippen LogP contribution is 2.64. The van der Waals surface area contributed by atoms with Crippen LogP contribution in [0.2, 0.25) is 0 Å². The molecule has 1 saturated carbocycles. The molecule has 0 radical (unpaired) electrons. The molecule has 1 aromatic carbocycles. The van der Waals surface area contributed by atoms with E-state index in [1.165, 1.54) is 6.92 Å². The number of cyclic esters (lactones) is 1. The number of alkyl halides is 2. The van der Waals surface area contributed by atoms with Crippen molar-refractivity contribution in [2.45, 2.75) is 37.9 Å². The Balaban J connectivity index is 1.48. The van der Waals surface area contributed by atoms with Crippen molar-refractivity contribution in [2.75, 3.05) is 13.2 Å². The molecule has 2 aromatic rings. The van der Waals surface area contributed by atoms with E-state index < -0.39 is 53.2 Å². The number of nitrogens with zero attached hydrogens (tertiary/aromatic N) is 2. The van der Waals surface area contributed by atoms with Crippen LogP contribution < -0.4 is 0 Å². The third-order valence-corrected chi connectivity index (χ3v) is 8.05. The summed E-state index contributed by atoms with van der Waals surface area (Å²) in [5.74, 6) is -6.38. The van der Waals surface area contributed by atoms with Gasteiger partial charge in [-0.2, -0.15) is 5.26 Å². The van der Waals surface area contributed by atoms with Crippen molar-refractivity contribution in [3.05, 3.63) is 59.9 Å². The lowest BCUT2D eigenvalue weighted by Crippen LogP contribution is -2.70. The second-order valence-electron chi connectivity index (χ2n) is 9.92. The molecule has 1 aliphatic carbocycles. The molecule has 1 aromatic heterocycles. The van der Waals surface area contributed by atoms with Gasteiger partial charge in [-0.05, 0) is 31.1 Å². The van der Waals surface area contributed by atoms with Crippen LogP contribution in [0.1, 0.15) is 31.5 Å². The number of aromatic nitrogens is 1. The number of benzene rings is 1. The fourth-order valence-electron chi connectivity index (χ4n) is 6.05. The van der Waals surface area contributed by atoms with Gasteiger partial charge in [-0.15, -0.1) is 0 Å². The molecule has 5 atom stereocenters. The Kier molecular flexibility index (Phi) is 5.53. The Morgan fingerprint density at radius 2 is 1.94 bits per heavy atom. The number of rotatable bonds is 4. The molecule has 0 unspecified atom stereocenters. The number of carbonyl (C=O) groups excluding carboxylic acids is 1. The number of esters is 1. The zero-order chi connectivity index (χ0) is 25.0. The SMILES string of the molecule is C[C@H]1OC(=O)[C@]2(C3(O)COC3)CC(F)(F)[C@@H](C)[C@H](/C=C/c3ccc(-c4ccccc4C#N)cn3)[C@H]12. The monoisotopic (exact) mass is 480 g/mol. The van der Waals surface area contributed by atoms with E-state index in [0.717, 1.165) is 11.1 Å². The van der Waals surface area contributed by atoms with Crippen LogP contribution in [-0.4, -0.2) is 46.9 Å². The van der Waals surface area contributed by atoms with Gasteiger partial charge < -0.3 is 14.6 Å². The molecule has 0 bridgehead atoms. The number of carbonyl (C=O) groups is 1. The van der Waals surface area contributed by atoms with Gasteiger partial charge in [-0.3, -0.25) is 9.78 Å². The van der Waals surface area contributed by atoms with Crippen molar-refractivity contribution < 1.29 is 28.2 Å². The Morgan fingerprint density at radius 1 is 1.20 bits per heavy atom. The Hall–Kier alpha value is -3.15. The highest BCUT2D eigenvalue weighted by molar-refractivity contribution is 5.82. The fraction of sp³-hybridized carbons (Fsp3) is 0.444. The number of pyridine rings is 1. The smallest absolute Gasteiger partial charge is 0.316 e. The average Bonchev–Trinajstić information content (AvgIpc) is 3.07. The summed E-state index contributed by atoms with van der Waals surface area (Å²) in [5.41, 5.74) is -0.790. The van der Waals surface area contributed by atoms with E-state index in [2.05, 4.69) is 11.1 Å². The molecule has 0 amide bonds. The minimum Gasteiger partial charge on any atom is -0.462 e. The summed E-state index contributed by atoms with van der Waals surface area (Å²) >= 11 is 0. The maximum atomic E-state index is 15.3. The van der Waals surface area contributed by atoms with Gasteiger partial charge in [-0.1, -0.05) is 37.3 Å². The second kappa shape index (κ2) is 8.21. The normalized spacial score (nSPS) is 33.0. The molecule has 2 saturated heterocycles. The number of halogens is 2. The minimum absolute atomic E-state index is 0.167. The third-order valence-electron chi connectivity index (χ3n) is 8.05. The zero-order valence-corrected chi connectivity index (χ0v) is 19.4. The van der Waals surface area contributed by atoms with Crippen LogP contribution in [0.3, 0.4) is 0 Å². The first kappa shape index (κ1) is 23.6. The molecule has 0 spiro atoms. The van der Waals surface area contributed by atoms with E-state index in [4.69, 9.17) is 9.47 Å². The largest absolute Gasteiger partial charge is 0.462 e. The van der Waals surface area contributed by atoms with Crippen LogP contribution in [0.25, 0.3) is 17.2 Å². The van der Waals surface area contributed by atoms with Crippen LogP contribution in [0, 0.1) is 34.5 Å². The van der Waals surface area contributed by atoms with Crippen molar-refractivity contribution in [3.8, 4) is 17.2 Å². The summed E-state index contributed by atoms with van der Waals surface area (Å²) in [6.07, 6.45) is 3.59. The molecule has 2 aliphatic heterocycles. The van der Waals surface area contributed by atoms with E-state index in [0.29, 0.717) is 11.3 Å². The van der Waals surface area contributed by atoms with Crippen molar-refractivity contribution >= 4 is 12.0 Å². The Labute approximate surface area is 202 Å². The minimum atomic E-state index is -3.18. The predicted octanol–water partition coefficient (Wildman–Crippen LogP) is 4.23. The number of aliphatic hydroxyl groups is 1. The van der Waals surface area contributed by atoms with E-state index in [1.807, 2.05) is 18.2 Å². The van der Waals surface area contributed by atoms with Gasteiger partial charge in [0, 0.05) is 35.6 Å². The molecule has 6 nitrogen and oxygen atoms in total. The quantitative estimate of drug-likeness (QED) is 0.659. The zero-order valence-electron chi connectivity index (χ0n) is 19.4. The molecule has 3 fully saturated rings. The first-order valence-electron chi connectivity index (χ1n) is 11.7. The summed E-state index contributed by atoms with van der Waals surface area (Å²) in [4.78, 5) is 17.4. The van der Waals surface area contributed by atoms with Crippen molar-refractivity contribution in [2.24, 2.45) is 23.2 Å². The maximum Gasteiger partial charge on any atom is 0.316 e. The molecule has 3 aliphatic rings. The van der Waals surface area contributed by atoms with Gasteiger partial charge in [0.15, 0.2) is 0 Å². The summed E-state index contributed by atoms with van der Waals surface area (Å²) in [7, 11) is 0. The maximum absolute atomic E-state index is 15.3.